The third-order valence-corrected chi connectivity index (χ3v) is 3.76. The Morgan fingerprint density at radius 3 is 2.85 bits per heavy atom. The first kappa shape index (κ1) is 12.8. The molecular weight excluding hydrogens is 322 g/mol. The number of imidazole rings is 1. The van der Waals surface area contributed by atoms with Crippen molar-refractivity contribution in [3.05, 3.63) is 68.9 Å². The average molecular weight is 332 g/mol. The van der Waals surface area contributed by atoms with Crippen LogP contribution < -0.4 is 0 Å². The number of nitrogens with zero attached hydrogens (tertiary/aromatic N) is 3. The molecule has 0 amide bonds. The Bertz CT molecular complexity index is 798. The van der Waals surface area contributed by atoms with E-state index in [4.69, 9.17) is 0 Å². The van der Waals surface area contributed by atoms with Gasteiger partial charge < -0.3 is 4.57 Å². The van der Waals surface area contributed by atoms with E-state index in [0.29, 0.717) is 11.0 Å². The molecule has 1 aromatic heterocycles. The molecule has 0 fully saturated rings. The molecule has 0 radical (unpaired) electrons. The monoisotopic (exact) mass is 331 g/mol. The Hall–Kier alpha value is -2.21. The first-order valence-corrected chi connectivity index (χ1v) is 6.77. The second-order valence-electron chi connectivity index (χ2n) is 4.40. The van der Waals surface area contributed by atoms with Gasteiger partial charge in [0.05, 0.1) is 26.8 Å². The fourth-order valence-corrected chi connectivity index (χ4v) is 2.52. The van der Waals surface area contributed by atoms with Crippen molar-refractivity contribution in [2.24, 2.45) is 0 Å². The number of rotatable bonds is 3. The van der Waals surface area contributed by atoms with Crippen molar-refractivity contribution in [1.82, 2.24) is 9.55 Å². The molecular formula is C14H10BrN3O2. The van der Waals surface area contributed by atoms with Crippen molar-refractivity contribution < 1.29 is 4.92 Å². The van der Waals surface area contributed by atoms with Crippen LogP contribution in [0.25, 0.3) is 11.0 Å². The number of para-hydroxylation sites is 2. The Kier molecular flexibility index (Phi) is 3.23. The van der Waals surface area contributed by atoms with E-state index in [9.17, 15) is 10.1 Å². The number of hydrogen-bond acceptors (Lipinski definition) is 3. The fraction of sp³-hybridized carbons (Fsp3) is 0.0714. The summed E-state index contributed by atoms with van der Waals surface area (Å²) < 4.78 is 2.46. The second-order valence-corrected chi connectivity index (χ2v) is 5.26. The highest BCUT2D eigenvalue weighted by atomic mass is 79.9. The molecule has 3 rings (SSSR count). The van der Waals surface area contributed by atoms with Gasteiger partial charge in [-0.25, -0.2) is 4.98 Å². The Morgan fingerprint density at radius 1 is 1.25 bits per heavy atom. The minimum atomic E-state index is -0.389. The highest BCUT2D eigenvalue weighted by Crippen LogP contribution is 2.26. The Labute approximate surface area is 123 Å². The molecule has 20 heavy (non-hydrogen) atoms. The summed E-state index contributed by atoms with van der Waals surface area (Å²) in [6.45, 7) is 0.550. The first-order valence-electron chi connectivity index (χ1n) is 5.98. The molecule has 0 atom stereocenters. The summed E-state index contributed by atoms with van der Waals surface area (Å²) in [5, 5.41) is 10.9. The van der Waals surface area contributed by atoms with Gasteiger partial charge in [0, 0.05) is 12.6 Å². The van der Waals surface area contributed by atoms with Crippen molar-refractivity contribution in [1.29, 1.82) is 0 Å². The van der Waals surface area contributed by atoms with Gasteiger partial charge in [0.1, 0.15) is 0 Å². The lowest BCUT2D eigenvalue weighted by atomic mass is 10.2. The largest absolute Gasteiger partial charge is 0.326 e. The molecule has 0 aliphatic carbocycles. The van der Waals surface area contributed by atoms with Crippen LogP contribution in [0.4, 0.5) is 5.69 Å². The van der Waals surface area contributed by atoms with E-state index in [2.05, 4.69) is 20.9 Å². The zero-order valence-corrected chi connectivity index (χ0v) is 11.9. The van der Waals surface area contributed by atoms with Gasteiger partial charge in [0.2, 0.25) is 0 Å². The predicted molar refractivity (Wildman–Crippen MR) is 79.6 cm³/mol. The molecule has 100 valence electrons. The number of nitro groups is 1. The van der Waals surface area contributed by atoms with Gasteiger partial charge in [0.25, 0.3) is 5.69 Å². The minimum absolute atomic E-state index is 0.0759. The van der Waals surface area contributed by atoms with Gasteiger partial charge in [-0.3, -0.25) is 10.1 Å². The third-order valence-electron chi connectivity index (χ3n) is 3.09. The van der Waals surface area contributed by atoms with Crippen molar-refractivity contribution in [3.8, 4) is 0 Å². The van der Waals surface area contributed by atoms with Crippen LogP contribution >= 0.6 is 15.9 Å². The van der Waals surface area contributed by atoms with E-state index in [0.717, 1.165) is 16.6 Å². The zero-order chi connectivity index (χ0) is 14.1. The highest BCUT2D eigenvalue weighted by molar-refractivity contribution is 9.10. The molecule has 0 N–H and O–H groups in total. The van der Waals surface area contributed by atoms with Gasteiger partial charge in [-0.1, -0.05) is 18.2 Å². The topological polar surface area (TPSA) is 61.0 Å². The summed E-state index contributed by atoms with van der Waals surface area (Å²) in [4.78, 5) is 14.9. The Morgan fingerprint density at radius 2 is 2.05 bits per heavy atom. The maximum Gasteiger partial charge on any atom is 0.283 e. The minimum Gasteiger partial charge on any atom is -0.326 e. The predicted octanol–water partition coefficient (Wildman–Crippen LogP) is 3.76. The third kappa shape index (κ3) is 2.30. The van der Waals surface area contributed by atoms with Crippen molar-refractivity contribution in [2.45, 2.75) is 6.54 Å². The van der Waals surface area contributed by atoms with E-state index < -0.39 is 0 Å². The van der Waals surface area contributed by atoms with E-state index >= 15 is 0 Å². The van der Waals surface area contributed by atoms with Crippen LogP contribution in [0.1, 0.15) is 5.56 Å². The lowest BCUT2D eigenvalue weighted by Crippen LogP contribution is -1.99. The van der Waals surface area contributed by atoms with E-state index in [1.807, 2.05) is 34.9 Å². The quantitative estimate of drug-likeness (QED) is 0.542. The van der Waals surface area contributed by atoms with Crippen LogP contribution in [-0.4, -0.2) is 14.5 Å². The summed E-state index contributed by atoms with van der Waals surface area (Å²) >= 11 is 3.19. The lowest BCUT2D eigenvalue weighted by molar-refractivity contribution is -0.385. The summed E-state index contributed by atoms with van der Waals surface area (Å²) in [6, 6.07) is 13.0. The van der Waals surface area contributed by atoms with Gasteiger partial charge in [-0.05, 0) is 39.7 Å². The molecule has 2 aromatic carbocycles. The molecule has 0 aliphatic rings. The second kappa shape index (κ2) is 5.05. The number of benzene rings is 2. The maximum absolute atomic E-state index is 10.9. The SMILES string of the molecule is O=[N+]([O-])c1cc(Cn2cnc3ccccc32)ccc1Br. The summed E-state index contributed by atoms with van der Waals surface area (Å²) in [6.07, 6.45) is 1.75. The smallest absolute Gasteiger partial charge is 0.283 e. The van der Waals surface area contributed by atoms with Gasteiger partial charge in [-0.15, -0.1) is 0 Å². The molecule has 5 nitrogen and oxygen atoms in total. The van der Waals surface area contributed by atoms with Crippen LogP contribution in [0.5, 0.6) is 0 Å². The number of nitro benzene ring substituents is 1. The van der Waals surface area contributed by atoms with E-state index in [1.165, 1.54) is 0 Å². The number of hydrogen-bond donors (Lipinski definition) is 0. The molecule has 6 heteroatoms. The maximum atomic E-state index is 10.9. The molecule has 0 spiro atoms. The first-order chi connectivity index (χ1) is 9.65. The molecule has 0 saturated carbocycles. The molecule has 1 heterocycles. The number of fused-ring (bicyclic) bond motifs is 1. The number of aromatic nitrogens is 2. The van der Waals surface area contributed by atoms with Crippen LogP contribution in [0.3, 0.4) is 0 Å². The molecule has 3 aromatic rings. The lowest BCUT2D eigenvalue weighted by Gasteiger charge is -2.05. The fourth-order valence-electron chi connectivity index (χ4n) is 2.13. The van der Waals surface area contributed by atoms with Crippen LogP contribution in [0, 0.1) is 10.1 Å². The Balaban J connectivity index is 1.99. The summed E-state index contributed by atoms with van der Waals surface area (Å²) in [5.74, 6) is 0. The van der Waals surface area contributed by atoms with Crippen molar-refractivity contribution in [3.63, 3.8) is 0 Å². The normalized spacial score (nSPS) is 10.8. The summed E-state index contributed by atoms with van der Waals surface area (Å²) in [5.41, 5.74) is 2.87. The van der Waals surface area contributed by atoms with E-state index in [1.54, 1.807) is 18.5 Å². The molecule has 0 unspecified atom stereocenters. The van der Waals surface area contributed by atoms with Crippen LogP contribution in [0.15, 0.2) is 53.3 Å². The standard InChI is InChI=1S/C14H10BrN3O2/c15-11-6-5-10(7-14(11)18(19)20)8-17-9-16-12-3-1-2-4-13(12)17/h1-7,9H,8H2. The van der Waals surface area contributed by atoms with Crippen molar-refractivity contribution >= 4 is 32.7 Å². The van der Waals surface area contributed by atoms with Gasteiger partial charge in [0.15, 0.2) is 0 Å². The summed E-state index contributed by atoms with van der Waals surface area (Å²) in [7, 11) is 0. The van der Waals surface area contributed by atoms with Gasteiger partial charge in [-0.2, -0.15) is 0 Å². The molecule has 0 saturated heterocycles. The zero-order valence-electron chi connectivity index (χ0n) is 10.4. The average Bonchev–Trinajstić information content (AvgIpc) is 2.84. The number of halogens is 1. The van der Waals surface area contributed by atoms with Crippen LogP contribution in [0.2, 0.25) is 0 Å². The molecule has 0 bridgehead atoms. The van der Waals surface area contributed by atoms with Gasteiger partial charge >= 0.3 is 0 Å². The van der Waals surface area contributed by atoms with Crippen LogP contribution in [-0.2, 0) is 6.54 Å². The highest BCUT2D eigenvalue weighted by Gasteiger charge is 2.12. The molecule has 0 aliphatic heterocycles. The van der Waals surface area contributed by atoms with E-state index in [-0.39, 0.29) is 10.6 Å². The van der Waals surface area contributed by atoms with Crippen molar-refractivity contribution in [2.75, 3.05) is 0 Å².